The van der Waals surface area contributed by atoms with Gasteiger partial charge in [0, 0.05) is 24.2 Å². The van der Waals surface area contributed by atoms with E-state index in [1.165, 1.54) is 0 Å². The van der Waals surface area contributed by atoms with Crippen molar-refractivity contribution in [2.24, 2.45) is 0 Å². The van der Waals surface area contributed by atoms with Crippen LogP contribution >= 0.6 is 11.3 Å². The van der Waals surface area contributed by atoms with E-state index in [1.54, 1.807) is 28.3 Å². The maximum Gasteiger partial charge on any atom is 0.356 e. The van der Waals surface area contributed by atoms with Crippen LogP contribution in [0.4, 0.5) is 5.82 Å². The number of thiazole rings is 1. The Hall–Kier alpha value is -1.89. The zero-order valence-electron chi connectivity index (χ0n) is 8.83. The van der Waals surface area contributed by atoms with E-state index in [2.05, 4.69) is 15.4 Å². The highest BCUT2D eigenvalue weighted by molar-refractivity contribution is 7.09. The summed E-state index contributed by atoms with van der Waals surface area (Å²) in [5.74, 6) is -0.263. The average molecular weight is 250 g/mol. The molecular weight excluding hydrogens is 240 g/mol. The Labute approximate surface area is 101 Å². The highest BCUT2D eigenvalue weighted by atomic mass is 32.1. The lowest BCUT2D eigenvalue weighted by Crippen LogP contribution is -2.24. The molecule has 0 amide bonds. The molecule has 3 rings (SSSR count). The molecule has 2 N–H and O–H groups in total. The number of carboxylic acids is 1. The summed E-state index contributed by atoms with van der Waals surface area (Å²) in [5, 5.41) is 19.1. The molecule has 6 nitrogen and oxygen atoms in total. The molecule has 7 heteroatoms. The zero-order valence-corrected chi connectivity index (χ0v) is 9.65. The summed E-state index contributed by atoms with van der Waals surface area (Å²) in [6.07, 6.45) is 2.62. The van der Waals surface area contributed by atoms with E-state index in [1.807, 2.05) is 5.38 Å². The molecule has 3 heterocycles. The van der Waals surface area contributed by atoms with Crippen LogP contribution in [0.5, 0.6) is 0 Å². The van der Waals surface area contributed by atoms with E-state index in [0.717, 1.165) is 23.8 Å². The second-order valence-corrected chi connectivity index (χ2v) is 4.69. The Bertz CT molecular complexity index is 549. The van der Waals surface area contributed by atoms with Crippen LogP contribution in [0.25, 0.3) is 0 Å². The fourth-order valence-electron chi connectivity index (χ4n) is 1.95. The lowest BCUT2D eigenvalue weighted by atomic mass is 10.2. The van der Waals surface area contributed by atoms with Gasteiger partial charge in [0.1, 0.15) is 16.9 Å². The molecule has 88 valence electrons. The van der Waals surface area contributed by atoms with Crippen molar-refractivity contribution < 1.29 is 9.90 Å². The molecule has 0 aliphatic carbocycles. The highest BCUT2D eigenvalue weighted by Crippen LogP contribution is 2.30. The second kappa shape index (κ2) is 3.85. The normalized spacial score (nSPS) is 18.5. The van der Waals surface area contributed by atoms with E-state index in [9.17, 15) is 4.79 Å². The molecule has 0 saturated heterocycles. The van der Waals surface area contributed by atoms with Gasteiger partial charge in [0.2, 0.25) is 0 Å². The van der Waals surface area contributed by atoms with Crippen LogP contribution in [0.1, 0.15) is 28.0 Å². The largest absolute Gasteiger partial charge is 0.476 e. The van der Waals surface area contributed by atoms with Crippen molar-refractivity contribution in [3.8, 4) is 0 Å². The summed E-state index contributed by atoms with van der Waals surface area (Å²) in [5.41, 5.74) is 0.0657. The van der Waals surface area contributed by atoms with E-state index < -0.39 is 5.97 Å². The molecule has 0 fully saturated rings. The second-order valence-electron chi connectivity index (χ2n) is 3.77. The number of carboxylic acid groups (broad SMARTS) is 1. The van der Waals surface area contributed by atoms with Gasteiger partial charge in [-0.3, -0.25) is 0 Å². The van der Waals surface area contributed by atoms with Crippen LogP contribution in [-0.4, -0.2) is 32.4 Å². The number of carbonyl (C=O) groups is 1. The van der Waals surface area contributed by atoms with Crippen LogP contribution in [0, 0.1) is 0 Å². The Balaban J connectivity index is 2.04. The van der Waals surface area contributed by atoms with Gasteiger partial charge in [0.25, 0.3) is 0 Å². The minimum absolute atomic E-state index is 0.0411. The lowest BCUT2D eigenvalue weighted by Gasteiger charge is -2.23. The maximum absolute atomic E-state index is 10.9. The Morgan fingerprint density at radius 1 is 1.65 bits per heavy atom. The number of nitrogens with one attached hydrogen (secondary N) is 1. The first-order valence-electron chi connectivity index (χ1n) is 5.22. The van der Waals surface area contributed by atoms with Crippen molar-refractivity contribution in [3.05, 3.63) is 28.3 Å². The van der Waals surface area contributed by atoms with Crippen LogP contribution in [-0.2, 0) is 0 Å². The van der Waals surface area contributed by atoms with Crippen LogP contribution in [0.3, 0.4) is 0 Å². The van der Waals surface area contributed by atoms with Crippen molar-refractivity contribution in [2.45, 2.75) is 12.5 Å². The number of hydrogen-bond donors (Lipinski definition) is 2. The van der Waals surface area contributed by atoms with Crippen LogP contribution in [0.2, 0.25) is 0 Å². The molecule has 2 aromatic rings. The molecule has 2 aromatic heterocycles. The van der Waals surface area contributed by atoms with Crippen LogP contribution < -0.4 is 5.32 Å². The summed E-state index contributed by atoms with van der Waals surface area (Å²) in [7, 11) is 0. The predicted octanol–water partition coefficient (Wildman–Crippen LogP) is 1.44. The van der Waals surface area contributed by atoms with Crippen molar-refractivity contribution in [1.82, 2.24) is 14.8 Å². The van der Waals surface area contributed by atoms with Gasteiger partial charge >= 0.3 is 5.97 Å². The molecule has 0 spiro atoms. The van der Waals surface area contributed by atoms with E-state index >= 15 is 0 Å². The smallest absolute Gasteiger partial charge is 0.356 e. The SMILES string of the molecule is O=C(O)c1cc2n(n1)C(c1nccs1)CCN2. The van der Waals surface area contributed by atoms with Gasteiger partial charge in [0.15, 0.2) is 5.69 Å². The van der Waals surface area contributed by atoms with Gasteiger partial charge < -0.3 is 10.4 Å². The molecule has 0 bridgehead atoms. The first-order chi connectivity index (χ1) is 8.25. The summed E-state index contributed by atoms with van der Waals surface area (Å²) >= 11 is 1.56. The third-order valence-corrected chi connectivity index (χ3v) is 3.59. The first-order valence-corrected chi connectivity index (χ1v) is 6.10. The molecule has 0 saturated carbocycles. The number of anilines is 1. The third-order valence-electron chi connectivity index (χ3n) is 2.71. The minimum Gasteiger partial charge on any atom is -0.476 e. The number of hydrogen-bond acceptors (Lipinski definition) is 5. The minimum atomic E-state index is -1.01. The fraction of sp³-hybridized carbons (Fsp3) is 0.300. The molecule has 0 aromatic carbocycles. The molecule has 1 unspecified atom stereocenters. The zero-order chi connectivity index (χ0) is 11.8. The summed E-state index contributed by atoms with van der Waals surface area (Å²) in [6.45, 7) is 0.801. The molecule has 1 atom stereocenters. The number of rotatable bonds is 2. The number of fused-ring (bicyclic) bond motifs is 1. The van der Waals surface area contributed by atoms with Gasteiger partial charge in [0.05, 0.1) is 0 Å². The summed E-state index contributed by atoms with van der Waals surface area (Å²) in [4.78, 5) is 15.2. The predicted molar refractivity (Wildman–Crippen MR) is 62.5 cm³/mol. The van der Waals surface area contributed by atoms with Gasteiger partial charge in [-0.05, 0) is 6.42 Å². The van der Waals surface area contributed by atoms with Crippen molar-refractivity contribution in [1.29, 1.82) is 0 Å². The quantitative estimate of drug-likeness (QED) is 0.843. The topological polar surface area (TPSA) is 80.0 Å². The van der Waals surface area contributed by atoms with Gasteiger partial charge in [-0.25, -0.2) is 14.5 Å². The van der Waals surface area contributed by atoms with Crippen LogP contribution in [0.15, 0.2) is 17.6 Å². The van der Waals surface area contributed by atoms with E-state index in [0.29, 0.717) is 0 Å². The fourth-order valence-corrected chi connectivity index (χ4v) is 2.71. The Morgan fingerprint density at radius 2 is 2.53 bits per heavy atom. The average Bonchev–Trinajstić information content (AvgIpc) is 2.97. The number of aromatic nitrogens is 3. The van der Waals surface area contributed by atoms with Crippen molar-refractivity contribution in [2.75, 3.05) is 11.9 Å². The molecule has 1 aliphatic heterocycles. The van der Waals surface area contributed by atoms with Gasteiger partial charge in [-0.15, -0.1) is 11.3 Å². The third kappa shape index (κ3) is 1.68. The monoisotopic (exact) mass is 250 g/mol. The standard InChI is InChI=1S/C10H10N4O2S/c15-10(16)6-5-8-11-2-1-7(14(8)13-6)9-12-3-4-17-9/h3-5,7,11H,1-2H2,(H,15,16). The van der Waals surface area contributed by atoms with Crippen molar-refractivity contribution >= 4 is 23.1 Å². The Morgan fingerprint density at radius 3 is 3.24 bits per heavy atom. The van der Waals surface area contributed by atoms with E-state index in [-0.39, 0.29) is 11.7 Å². The molecular formula is C10H10N4O2S. The molecule has 17 heavy (non-hydrogen) atoms. The molecule has 0 radical (unpaired) electrons. The summed E-state index contributed by atoms with van der Waals surface area (Å²) < 4.78 is 1.71. The lowest BCUT2D eigenvalue weighted by molar-refractivity contribution is 0.0689. The van der Waals surface area contributed by atoms with E-state index in [4.69, 9.17) is 5.11 Å². The van der Waals surface area contributed by atoms with Gasteiger partial charge in [-0.2, -0.15) is 5.10 Å². The maximum atomic E-state index is 10.9. The Kier molecular flexibility index (Phi) is 2.32. The highest BCUT2D eigenvalue weighted by Gasteiger charge is 2.26. The number of nitrogens with zero attached hydrogens (tertiary/aromatic N) is 3. The summed E-state index contributed by atoms with van der Waals surface area (Å²) in [6, 6.07) is 1.60. The molecule has 1 aliphatic rings. The number of aromatic carboxylic acids is 1. The van der Waals surface area contributed by atoms with Gasteiger partial charge in [-0.1, -0.05) is 0 Å². The first kappa shape index (κ1) is 10.3. The van der Waals surface area contributed by atoms with Crippen molar-refractivity contribution in [3.63, 3.8) is 0 Å².